The first-order valence-corrected chi connectivity index (χ1v) is 5.68. The van der Waals surface area contributed by atoms with Gasteiger partial charge in [0.2, 0.25) is 0 Å². The van der Waals surface area contributed by atoms with E-state index in [4.69, 9.17) is 0 Å². The van der Waals surface area contributed by atoms with Gasteiger partial charge in [0, 0.05) is 17.1 Å². The van der Waals surface area contributed by atoms with Gasteiger partial charge in [0.05, 0.1) is 0 Å². The molecule has 0 unspecified atom stereocenters. The third kappa shape index (κ3) is 2.02. The number of fused-ring (bicyclic) bond motifs is 1. The Morgan fingerprint density at radius 3 is 3.07 bits per heavy atom. The number of aryl methyl sites for hydroxylation is 1. The van der Waals surface area contributed by atoms with E-state index >= 15 is 0 Å². The van der Waals surface area contributed by atoms with E-state index < -0.39 is 0 Å². The van der Waals surface area contributed by atoms with Crippen LogP contribution >= 0.6 is 11.8 Å². The van der Waals surface area contributed by atoms with Crippen molar-refractivity contribution in [3.05, 3.63) is 28.2 Å². The second kappa shape index (κ2) is 4.02. The van der Waals surface area contributed by atoms with E-state index in [2.05, 4.69) is 15.0 Å². The van der Waals surface area contributed by atoms with Gasteiger partial charge in [-0.25, -0.2) is 9.97 Å². The Morgan fingerprint density at radius 2 is 2.33 bits per heavy atom. The predicted molar refractivity (Wildman–Crippen MR) is 61.3 cm³/mol. The summed E-state index contributed by atoms with van der Waals surface area (Å²) >= 11 is 1.56. The van der Waals surface area contributed by atoms with E-state index in [1.165, 1.54) is 0 Å². The van der Waals surface area contributed by atoms with Gasteiger partial charge in [-0.2, -0.15) is 0 Å². The topological polar surface area (TPSA) is 58.6 Å². The minimum absolute atomic E-state index is 0.0892. The highest BCUT2D eigenvalue weighted by molar-refractivity contribution is 7.99. The van der Waals surface area contributed by atoms with E-state index in [9.17, 15) is 4.79 Å². The molecule has 15 heavy (non-hydrogen) atoms. The van der Waals surface area contributed by atoms with Gasteiger partial charge in [-0.1, -0.05) is 18.7 Å². The highest BCUT2D eigenvalue weighted by Crippen LogP contribution is 2.14. The van der Waals surface area contributed by atoms with E-state index in [1.54, 1.807) is 30.9 Å². The summed E-state index contributed by atoms with van der Waals surface area (Å²) in [5.74, 6) is 0.918. The molecule has 2 rings (SSSR count). The van der Waals surface area contributed by atoms with Crippen molar-refractivity contribution in [3.8, 4) is 0 Å². The first-order valence-electron chi connectivity index (χ1n) is 4.70. The van der Waals surface area contributed by atoms with Gasteiger partial charge in [-0.05, 0) is 18.7 Å². The first kappa shape index (κ1) is 10.2. The van der Waals surface area contributed by atoms with Crippen LogP contribution in [-0.2, 0) is 0 Å². The molecule has 0 aliphatic rings. The maximum Gasteiger partial charge on any atom is 0.252 e. The molecule has 5 heteroatoms. The van der Waals surface area contributed by atoms with Crippen LogP contribution in [-0.4, -0.2) is 20.7 Å². The molecule has 0 amide bonds. The summed E-state index contributed by atoms with van der Waals surface area (Å²) in [6.45, 7) is 3.81. The van der Waals surface area contributed by atoms with Gasteiger partial charge >= 0.3 is 0 Å². The van der Waals surface area contributed by atoms with E-state index in [0.717, 1.165) is 11.1 Å². The van der Waals surface area contributed by atoms with Crippen LogP contribution in [0, 0.1) is 6.92 Å². The molecule has 78 valence electrons. The Balaban J connectivity index is 2.61. The zero-order chi connectivity index (χ0) is 10.8. The Morgan fingerprint density at radius 1 is 1.53 bits per heavy atom. The number of nitrogens with one attached hydrogen (secondary N) is 1. The Bertz CT molecular complexity index is 550. The van der Waals surface area contributed by atoms with Crippen molar-refractivity contribution in [2.75, 3.05) is 5.75 Å². The zero-order valence-corrected chi connectivity index (χ0v) is 9.39. The fourth-order valence-corrected chi connectivity index (χ4v) is 1.83. The van der Waals surface area contributed by atoms with Gasteiger partial charge < -0.3 is 4.98 Å². The third-order valence-electron chi connectivity index (χ3n) is 2.03. The molecule has 0 aliphatic carbocycles. The molecule has 0 saturated carbocycles. The number of hydrogen-bond acceptors (Lipinski definition) is 4. The van der Waals surface area contributed by atoms with E-state index in [1.807, 2.05) is 6.92 Å². The quantitative estimate of drug-likeness (QED) is 0.620. The summed E-state index contributed by atoms with van der Waals surface area (Å²) in [5.41, 5.74) is 1.20. The Hall–Kier alpha value is -1.36. The lowest BCUT2D eigenvalue weighted by molar-refractivity contribution is 0.982. The Labute approximate surface area is 91.2 Å². The fourth-order valence-electron chi connectivity index (χ4n) is 1.28. The average Bonchev–Trinajstić information content (AvgIpc) is 2.21. The van der Waals surface area contributed by atoms with Gasteiger partial charge in [0.1, 0.15) is 5.65 Å². The number of thioether (sulfide) groups is 1. The molecule has 2 heterocycles. The maximum atomic E-state index is 11.4. The monoisotopic (exact) mass is 221 g/mol. The molecule has 0 bridgehead atoms. The number of hydrogen-bond donors (Lipinski definition) is 1. The van der Waals surface area contributed by atoms with Crippen molar-refractivity contribution < 1.29 is 0 Å². The lowest BCUT2D eigenvalue weighted by Crippen LogP contribution is -2.09. The van der Waals surface area contributed by atoms with E-state index in [0.29, 0.717) is 16.4 Å². The molecular formula is C10H11N3OS. The van der Waals surface area contributed by atoms with Gasteiger partial charge in [-0.3, -0.25) is 4.79 Å². The van der Waals surface area contributed by atoms with Crippen LogP contribution in [0.1, 0.15) is 12.5 Å². The second-order valence-electron chi connectivity index (χ2n) is 3.17. The third-order valence-corrected chi connectivity index (χ3v) is 2.77. The van der Waals surface area contributed by atoms with Crippen LogP contribution in [0.25, 0.3) is 11.0 Å². The number of rotatable bonds is 2. The maximum absolute atomic E-state index is 11.4. The number of nitrogens with zero attached hydrogens (tertiary/aromatic N) is 2. The minimum Gasteiger partial charge on any atom is -0.306 e. The van der Waals surface area contributed by atoms with Crippen molar-refractivity contribution in [1.82, 2.24) is 15.0 Å². The first-order chi connectivity index (χ1) is 7.20. The van der Waals surface area contributed by atoms with Crippen molar-refractivity contribution in [2.45, 2.75) is 19.0 Å². The smallest absolute Gasteiger partial charge is 0.252 e. The predicted octanol–water partition coefficient (Wildman–Crippen LogP) is 1.74. The standard InChI is InChI=1S/C10H11N3OS/c1-3-15-10-11-5-7-4-6(2)9(14)12-8(7)13-10/h4-5H,3H2,1-2H3,(H,11,12,13,14). The number of pyridine rings is 1. The molecule has 0 aliphatic heterocycles. The van der Waals surface area contributed by atoms with E-state index in [-0.39, 0.29) is 5.56 Å². The average molecular weight is 221 g/mol. The van der Waals surface area contributed by atoms with Crippen molar-refractivity contribution >= 4 is 22.8 Å². The fraction of sp³-hybridized carbons (Fsp3) is 0.300. The number of aromatic amines is 1. The molecule has 0 atom stereocenters. The molecule has 2 aromatic heterocycles. The summed E-state index contributed by atoms with van der Waals surface area (Å²) in [6, 6.07) is 1.80. The van der Waals surface area contributed by atoms with Crippen LogP contribution < -0.4 is 5.56 Å². The summed E-state index contributed by atoms with van der Waals surface area (Å²) in [7, 11) is 0. The number of H-pyrrole nitrogens is 1. The van der Waals surface area contributed by atoms with Crippen molar-refractivity contribution in [3.63, 3.8) is 0 Å². The SMILES string of the molecule is CCSc1ncc2cc(C)c(=O)[nH]c2n1. The molecule has 4 nitrogen and oxygen atoms in total. The van der Waals surface area contributed by atoms with Gasteiger partial charge in [0.15, 0.2) is 5.16 Å². The zero-order valence-electron chi connectivity index (χ0n) is 8.57. The molecule has 0 aromatic carbocycles. The molecule has 0 saturated heterocycles. The molecule has 0 fully saturated rings. The summed E-state index contributed by atoms with van der Waals surface area (Å²) in [6.07, 6.45) is 1.74. The van der Waals surface area contributed by atoms with Crippen LogP contribution in [0.4, 0.5) is 0 Å². The molecule has 2 aromatic rings. The lowest BCUT2D eigenvalue weighted by atomic mass is 10.2. The molecule has 1 N–H and O–H groups in total. The van der Waals surface area contributed by atoms with Gasteiger partial charge in [-0.15, -0.1) is 0 Å². The second-order valence-corrected chi connectivity index (χ2v) is 4.40. The van der Waals surface area contributed by atoms with Crippen molar-refractivity contribution in [1.29, 1.82) is 0 Å². The van der Waals surface area contributed by atoms with Crippen LogP contribution in [0.2, 0.25) is 0 Å². The Kier molecular flexibility index (Phi) is 2.73. The molecule has 0 radical (unpaired) electrons. The lowest BCUT2D eigenvalue weighted by Gasteiger charge is -2.00. The number of aromatic nitrogens is 3. The molecular weight excluding hydrogens is 210 g/mol. The summed E-state index contributed by atoms with van der Waals surface area (Å²) in [4.78, 5) is 22.6. The van der Waals surface area contributed by atoms with Crippen LogP contribution in [0.5, 0.6) is 0 Å². The van der Waals surface area contributed by atoms with Crippen LogP contribution in [0.3, 0.4) is 0 Å². The van der Waals surface area contributed by atoms with Crippen LogP contribution in [0.15, 0.2) is 22.2 Å². The summed E-state index contributed by atoms with van der Waals surface area (Å²) < 4.78 is 0. The molecule has 0 spiro atoms. The summed E-state index contributed by atoms with van der Waals surface area (Å²) in [5, 5.41) is 1.57. The van der Waals surface area contributed by atoms with Crippen molar-refractivity contribution in [2.24, 2.45) is 0 Å². The van der Waals surface area contributed by atoms with Gasteiger partial charge in [0.25, 0.3) is 5.56 Å². The highest BCUT2D eigenvalue weighted by atomic mass is 32.2. The normalized spacial score (nSPS) is 10.8. The minimum atomic E-state index is -0.0892. The largest absolute Gasteiger partial charge is 0.306 e. The highest BCUT2D eigenvalue weighted by Gasteiger charge is 2.02.